The van der Waals surface area contributed by atoms with Gasteiger partial charge in [-0.3, -0.25) is 15.0 Å². The van der Waals surface area contributed by atoms with Crippen LogP contribution in [0.1, 0.15) is 63.1 Å². The lowest BCUT2D eigenvalue weighted by Gasteiger charge is -2.29. The molecule has 4 rings (SSSR count). The van der Waals surface area contributed by atoms with E-state index in [2.05, 4.69) is 17.6 Å². The Balaban J connectivity index is 1.50. The highest BCUT2D eigenvalue weighted by atomic mass is 16.4. The molecule has 172 valence electrons. The highest BCUT2D eigenvalue weighted by Crippen LogP contribution is 2.35. The molecule has 2 aliphatic rings. The molecule has 0 spiro atoms. The van der Waals surface area contributed by atoms with Crippen molar-refractivity contribution in [2.75, 3.05) is 6.54 Å². The van der Waals surface area contributed by atoms with E-state index in [4.69, 9.17) is 11.1 Å². The Morgan fingerprint density at radius 1 is 1.19 bits per heavy atom. The third kappa shape index (κ3) is 4.25. The molecule has 0 bridgehead atoms. The van der Waals surface area contributed by atoms with E-state index in [0.717, 1.165) is 74.4 Å². The minimum Gasteiger partial charge on any atom is -0.481 e. The van der Waals surface area contributed by atoms with Crippen LogP contribution in [0.2, 0.25) is 0 Å². The van der Waals surface area contributed by atoms with Crippen LogP contribution in [0.15, 0.2) is 24.3 Å². The lowest BCUT2D eigenvalue weighted by molar-refractivity contribution is -0.154. The summed E-state index contributed by atoms with van der Waals surface area (Å²) < 4.78 is 2.25. The van der Waals surface area contributed by atoms with E-state index in [1.807, 2.05) is 23.1 Å². The molecule has 1 amide bonds. The Bertz CT molecular complexity index is 1020. The maximum absolute atomic E-state index is 13.3. The zero-order valence-corrected chi connectivity index (χ0v) is 18.8. The molecule has 1 saturated heterocycles. The van der Waals surface area contributed by atoms with Crippen LogP contribution in [0, 0.1) is 17.2 Å². The van der Waals surface area contributed by atoms with Crippen molar-refractivity contribution in [2.45, 2.75) is 70.9 Å². The molecule has 2 aromatic rings. The maximum atomic E-state index is 13.3. The molecule has 4 N–H and O–H groups in total. The normalized spacial score (nSPS) is 20.2. The largest absolute Gasteiger partial charge is 0.481 e. The minimum absolute atomic E-state index is 0.0145. The maximum Gasteiger partial charge on any atom is 0.316 e. The number of hydrogen-bond acceptors (Lipinski definition) is 3. The van der Waals surface area contributed by atoms with Crippen molar-refractivity contribution < 1.29 is 14.7 Å². The van der Waals surface area contributed by atoms with Crippen LogP contribution < -0.4 is 5.73 Å². The number of nitrogens with zero attached hydrogens (tertiary/aromatic N) is 2. The van der Waals surface area contributed by atoms with Crippen molar-refractivity contribution in [3.63, 3.8) is 0 Å². The van der Waals surface area contributed by atoms with Crippen LogP contribution in [-0.2, 0) is 22.6 Å². The smallest absolute Gasteiger partial charge is 0.316 e. The van der Waals surface area contributed by atoms with Crippen LogP contribution in [0.5, 0.6) is 0 Å². The summed E-state index contributed by atoms with van der Waals surface area (Å²) in [5, 5.41) is 18.6. The number of fused-ring (bicyclic) bond motifs is 1. The number of carbonyl (C=O) groups excluding carboxylic acids is 1. The number of nitrogen functional groups attached to an aromatic ring is 1. The second-order valence-corrected chi connectivity index (χ2v) is 9.29. The summed E-state index contributed by atoms with van der Waals surface area (Å²) in [7, 11) is 0. The van der Waals surface area contributed by atoms with Gasteiger partial charge < -0.3 is 20.3 Å². The molecule has 7 nitrogen and oxygen atoms in total. The molecule has 2 unspecified atom stereocenters. The predicted molar refractivity (Wildman–Crippen MR) is 125 cm³/mol. The molecule has 1 saturated carbocycles. The van der Waals surface area contributed by atoms with Crippen LogP contribution in [0.25, 0.3) is 10.9 Å². The Morgan fingerprint density at radius 2 is 1.94 bits per heavy atom. The van der Waals surface area contributed by atoms with Gasteiger partial charge in [-0.25, -0.2) is 0 Å². The van der Waals surface area contributed by atoms with Crippen LogP contribution in [-0.4, -0.2) is 44.9 Å². The van der Waals surface area contributed by atoms with Crippen molar-refractivity contribution in [3.8, 4) is 0 Å². The summed E-state index contributed by atoms with van der Waals surface area (Å²) in [6, 6.07) is 8.13. The summed E-state index contributed by atoms with van der Waals surface area (Å²) in [5.74, 6) is -1.97. The molecular weight excluding hydrogens is 404 g/mol. The monoisotopic (exact) mass is 438 g/mol. The lowest BCUT2D eigenvalue weighted by Crippen LogP contribution is -2.44. The zero-order chi connectivity index (χ0) is 22.8. The topological polar surface area (TPSA) is 112 Å². The molecular formula is C25H34N4O3. The number of amidine groups is 1. The van der Waals surface area contributed by atoms with Crippen molar-refractivity contribution in [2.24, 2.45) is 17.6 Å². The number of aryl methyl sites for hydroxylation is 2. The number of carboxylic acids is 1. The second kappa shape index (κ2) is 9.35. The number of aliphatic carboxylic acids is 1. The van der Waals surface area contributed by atoms with Crippen LogP contribution >= 0.6 is 0 Å². The summed E-state index contributed by atoms with van der Waals surface area (Å²) >= 11 is 0. The fourth-order valence-electron chi connectivity index (χ4n) is 5.78. The number of amides is 1. The van der Waals surface area contributed by atoms with Crippen LogP contribution in [0.4, 0.5) is 0 Å². The number of carbonyl (C=O) groups is 2. The predicted octanol–water partition coefficient (Wildman–Crippen LogP) is 3.76. The Hall–Kier alpha value is -2.83. The van der Waals surface area contributed by atoms with Gasteiger partial charge in [0.15, 0.2) is 0 Å². The molecule has 1 aromatic carbocycles. The first-order valence-corrected chi connectivity index (χ1v) is 11.9. The number of rotatable bonds is 8. The zero-order valence-electron chi connectivity index (χ0n) is 18.8. The van der Waals surface area contributed by atoms with Gasteiger partial charge >= 0.3 is 5.97 Å². The number of hydrogen-bond donors (Lipinski definition) is 3. The van der Waals surface area contributed by atoms with E-state index >= 15 is 0 Å². The Morgan fingerprint density at radius 3 is 2.59 bits per heavy atom. The van der Waals surface area contributed by atoms with Gasteiger partial charge in [0.25, 0.3) is 0 Å². The van der Waals surface area contributed by atoms with E-state index in [0.29, 0.717) is 6.54 Å². The fraction of sp³-hybridized carbons (Fsp3) is 0.560. The molecule has 0 radical (unpaired) electrons. The standard InChI is InChI=1S/C25H34N4O3/c1-2-28-20(14-17-9-10-18(23(26)27)15-21(17)28)12-11-19-8-5-13-29(19)24(30)22(25(31)32)16-6-3-4-7-16/h9-10,14-16,19,22H,2-8,11-13H2,1H3,(H3,26,27)(H,31,32). The van der Waals surface area contributed by atoms with E-state index in [9.17, 15) is 14.7 Å². The van der Waals surface area contributed by atoms with Crippen molar-refractivity contribution in [1.29, 1.82) is 5.41 Å². The fourth-order valence-corrected chi connectivity index (χ4v) is 5.78. The molecule has 2 atom stereocenters. The minimum atomic E-state index is -0.958. The summed E-state index contributed by atoms with van der Waals surface area (Å²) in [6.07, 6.45) is 7.28. The molecule has 1 aromatic heterocycles. The molecule has 1 aliphatic heterocycles. The number of aromatic nitrogens is 1. The van der Waals surface area contributed by atoms with E-state index in [1.165, 1.54) is 5.69 Å². The van der Waals surface area contributed by atoms with Crippen molar-refractivity contribution in [3.05, 3.63) is 35.5 Å². The van der Waals surface area contributed by atoms with Gasteiger partial charge in [-0.2, -0.15) is 0 Å². The second-order valence-electron chi connectivity index (χ2n) is 9.29. The van der Waals surface area contributed by atoms with Gasteiger partial charge in [0.2, 0.25) is 5.91 Å². The molecule has 7 heteroatoms. The van der Waals surface area contributed by atoms with Gasteiger partial charge in [-0.15, -0.1) is 0 Å². The molecule has 2 fully saturated rings. The van der Waals surface area contributed by atoms with Gasteiger partial charge in [-0.05, 0) is 68.9 Å². The van der Waals surface area contributed by atoms with Gasteiger partial charge in [0.05, 0.1) is 0 Å². The van der Waals surface area contributed by atoms with Gasteiger partial charge in [0, 0.05) is 35.9 Å². The van der Waals surface area contributed by atoms with Gasteiger partial charge in [0.1, 0.15) is 11.8 Å². The summed E-state index contributed by atoms with van der Waals surface area (Å²) in [4.78, 5) is 27.1. The molecule has 2 heterocycles. The quantitative estimate of drug-likeness (QED) is 0.331. The summed E-state index contributed by atoms with van der Waals surface area (Å²) in [6.45, 7) is 3.59. The number of benzene rings is 1. The third-order valence-corrected chi connectivity index (χ3v) is 7.41. The Kier molecular flexibility index (Phi) is 6.53. The lowest BCUT2D eigenvalue weighted by atomic mass is 9.89. The highest BCUT2D eigenvalue weighted by Gasteiger charge is 2.41. The number of nitrogens with two attached hydrogens (primary N) is 1. The molecule has 1 aliphatic carbocycles. The number of likely N-dealkylation sites (tertiary alicyclic amines) is 1. The average molecular weight is 439 g/mol. The molecule has 32 heavy (non-hydrogen) atoms. The SMILES string of the molecule is CCn1c(CCC2CCCN2C(=O)C(C(=O)O)C2CCCC2)cc2ccc(C(=N)N)cc21. The van der Waals surface area contributed by atoms with E-state index in [-0.39, 0.29) is 23.7 Å². The Labute approximate surface area is 189 Å². The number of nitrogens with one attached hydrogen (secondary N) is 1. The first-order chi connectivity index (χ1) is 15.4. The number of carboxylic acid groups (broad SMARTS) is 1. The first-order valence-electron chi connectivity index (χ1n) is 11.9. The van der Waals surface area contributed by atoms with Crippen LogP contribution in [0.3, 0.4) is 0 Å². The first kappa shape index (κ1) is 22.4. The highest BCUT2D eigenvalue weighted by molar-refractivity contribution is 5.99. The van der Waals surface area contributed by atoms with Crippen molar-refractivity contribution in [1.82, 2.24) is 9.47 Å². The van der Waals surface area contributed by atoms with E-state index in [1.54, 1.807) is 0 Å². The third-order valence-electron chi connectivity index (χ3n) is 7.41. The van der Waals surface area contributed by atoms with Crippen molar-refractivity contribution >= 4 is 28.6 Å². The van der Waals surface area contributed by atoms with Gasteiger partial charge in [-0.1, -0.05) is 25.0 Å². The summed E-state index contributed by atoms with van der Waals surface area (Å²) in [5.41, 5.74) is 8.67. The average Bonchev–Trinajstić information content (AvgIpc) is 3.50. The van der Waals surface area contributed by atoms with E-state index < -0.39 is 11.9 Å².